The van der Waals surface area contributed by atoms with Crippen molar-refractivity contribution in [2.45, 2.75) is 58.5 Å². The Kier molecular flexibility index (Phi) is 5.59. The molecule has 0 fully saturated rings. The summed E-state index contributed by atoms with van der Waals surface area (Å²) in [5, 5.41) is 4.08. The van der Waals surface area contributed by atoms with E-state index in [2.05, 4.69) is 5.10 Å². The van der Waals surface area contributed by atoms with Gasteiger partial charge < -0.3 is 5.73 Å². The standard InChI is InChI=1S/C13H26N4O2S/c1-6-7-16-9-12(13(14)15-16)20(18,19)17(11(4)5)8-10(2)3/h9-11H,6-8H2,1-5H3,(H2,14,15). The largest absolute Gasteiger partial charge is 0.381 e. The Morgan fingerprint density at radius 1 is 1.35 bits per heavy atom. The Balaban J connectivity index is 3.19. The average Bonchev–Trinajstić information content (AvgIpc) is 2.67. The molecular weight excluding hydrogens is 276 g/mol. The van der Waals surface area contributed by atoms with Gasteiger partial charge in [0.05, 0.1) is 0 Å². The molecule has 1 rings (SSSR count). The van der Waals surface area contributed by atoms with E-state index in [9.17, 15) is 8.42 Å². The van der Waals surface area contributed by atoms with Gasteiger partial charge in [-0.3, -0.25) is 4.68 Å². The summed E-state index contributed by atoms with van der Waals surface area (Å²) in [6.07, 6.45) is 2.41. The van der Waals surface area contributed by atoms with Crippen molar-refractivity contribution in [3.63, 3.8) is 0 Å². The summed E-state index contributed by atoms with van der Waals surface area (Å²) in [4.78, 5) is 0.111. The number of aromatic nitrogens is 2. The Bertz CT molecular complexity index is 535. The lowest BCUT2D eigenvalue weighted by molar-refractivity contribution is 0.319. The van der Waals surface area contributed by atoms with Gasteiger partial charge in [0.2, 0.25) is 10.0 Å². The number of hydrogen-bond donors (Lipinski definition) is 1. The van der Waals surface area contributed by atoms with Crippen LogP contribution in [0.2, 0.25) is 0 Å². The lowest BCUT2D eigenvalue weighted by Gasteiger charge is -2.27. The zero-order chi connectivity index (χ0) is 15.5. The van der Waals surface area contributed by atoms with Crippen LogP contribution in [-0.4, -0.2) is 35.1 Å². The van der Waals surface area contributed by atoms with Crippen molar-refractivity contribution in [1.29, 1.82) is 0 Å². The van der Waals surface area contributed by atoms with E-state index < -0.39 is 10.0 Å². The molecular formula is C13H26N4O2S. The van der Waals surface area contributed by atoms with E-state index >= 15 is 0 Å². The molecule has 0 bridgehead atoms. The van der Waals surface area contributed by atoms with Gasteiger partial charge in [-0.15, -0.1) is 0 Å². The number of rotatable bonds is 7. The number of hydrogen-bond acceptors (Lipinski definition) is 4. The molecule has 0 amide bonds. The molecule has 0 aromatic carbocycles. The number of aryl methyl sites for hydroxylation is 1. The third kappa shape index (κ3) is 3.73. The topological polar surface area (TPSA) is 81.2 Å². The van der Waals surface area contributed by atoms with Gasteiger partial charge in [-0.25, -0.2) is 8.42 Å². The maximum atomic E-state index is 12.7. The molecule has 0 atom stereocenters. The Morgan fingerprint density at radius 2 is 1.95 bits per heavy atom. The maximum Gasteiger partial charge on any atom is 0.248 e. The highest BCUT2D eigenvalue weighted by atomic mass is 32.2. The lowest BCUT2D eigenvalue weighted by atomic mass is 10.2. The van der Waals surface area contributed by atoms with E-state index in [1.807, 2.05) is 34.6 Å². The number of nitrogen functional groups attached to an aromatic ring is 1. The monoisotopic (exact) mass is 302 g/mol. The summed E-state index contributed by atoms with van der Waals surface area (Å²) < 4.78 is 28.6. The molecule has 1 aromatic rings. The normalized spacial score (nSPS) is 12.8. The highest BCUT2D eigenvalue weighted by molar-refractivity contribution is 7.89. The molecule has 0 radical (unpaired) electrons. The first-order valence-electron chi connectivity index (χ1n) is 7.04. The molecule has 0 saturated carbocycles. The molecule has 7 heteroatoms. The van der Waals surface area contributed by atoms with E-state index in [0.717, 1.165) is 6.42 Å². The second-order valence-corrected chi connectivity index (χ2v) is 7.56. The van der Waals surface area contributed by atoms with E-state index in [1.54, 1.807) is 4.68 Å². The molecule has 116 valence electrons. The van der Waals surface area contributed by atoms with Crippen LogP contribution < -0.4 is 5.73 Å². The molecule has 6 nitrogen and oxygen atoms in total. The molecule has 0 saturated heterocycles. The van der Waals surface area contributed by atoms with Crippen molar-refractivity contribution < 1.29 is 8.42 Å². The van der Waals surface area contributed by atoms with Gasteiger partial charge in [0, 0.05) is 25.3 Å². The Hall–Kier alpha value is -1.08. The SMILES string of the molecule is CCCn1cc(S(=O)(=O)N(CC(C)C)C(C)C)c(N)n1. The summed E-state index contributed by atoms with van der Waals surface area (Å²) in [7, 11) is -3.60. The minimum atomic E-state index is -3.60. The van der Waals surface area contributed by atoms with Gasteiger partial charge >= 0.3 is 0 Å². The van der Waals surface area contributed by atoms with Crippen molar-refractivity contribution in [2.24, 2.45) is 5.92 Å². The van der Waals surface area contributed by atoms with Gasteiger partial charge in [-0.2, -0.15) is 9.40 Å². The van der Waals surface area contributed by atoms with Gasteiger partial charge in [-0.1, -0.05) is 20.8 Å². The van der Waals surface area contributed by atoms with E-state index in [1.165, 1.54) is 10.5 Å². The van der Waals surface area contributed by atoms with Gasteiger partial charge in [-0.05, 0) is 26.2 Å². The van der Waals surface area contributed by atoms with Crippen molar-refractivity contribution in [3.05, 3.63) is 6.20 Å². The highest BCUT2D eigenvalue weighted by Crippen LogP contribution is 2.24. The summed E-state index contributed by atoms with van der Waals surface area (Å²) in [6.45, 7) is 10.9. The molecule has 2 N–H and O–H groups in total. The molecule has 0 spiro atoms. The van der Waals surface area contributed by atoms with Crippen LogP contribution in [0.4, 0.5) is 5.82 Å². The fraction of sp³-hybridized carbons (Fsp3) is 0.769. The minimum Gasteiger partial charge on any atom is -0.381 e. The third-order valence-electron chi connectivity index (χ3n) is 2.92. The minimum absolute atomic E-state index is 0.0767. The zero-order valence-corrected chi connectivity index (χ0v) is 13.8. The molecule has 1 aromatic heterocycles. The molecule has 0 aliphatic carbocycles. The second kappa shape index (κ2) is 6.58. The highest BCUT2D eigenvalue weighted by Gasteiger charge is 2.31. The maximum absolute atomic E-state index is 12.7. The van der Waals surface area contributed by atoms with Crippen LogP contribution in [0.1, 0.15) is 41.0 Å². The summed E-state index contributed by atoms with van der Waals surface area (Å²) in [5.41, 5.74) is 5.79. The van der Waals surface area contributed by atoms with Crippen LogP contribution in [0.5, 0.6) is 0 Å². The molecule has 0 unspecified atom stereocenters. The molecule has 1 heterocycles. The zero-order valence-electron chi connectivity index (χ0n) is 13.0. The lowest BCUT2D eigenvalue weighted by Crippen LogP contribution is -2.39. The summed E-state index contributed by atoms with van der Waals surface area (Å²) in [6, 6.07) is -0.115. The van der Waals surface area contributed by atoms with Crippen molar-refractivity contribution in [3.8, 4) is 0 Å². The first-order chi connectivity index (χ1) is 9.20. The van der Waals surface area contributed by atoms with Crippen LogP contribution >= 0.6 is 0 Å². The van der Waals surface area contributed by atoms with Crippen LogP contribution in [0.3, 0.4) is 0 Å². The smallest absolute Gasteiger partial charge is 0.248 e. The fourth-order valence-electron chi connectivity index (χ4n) is 2.03. The van der Waals surface area contributed by atoms with E-state index in [0.29, 0.717) is 13.1 Å². The van der Waals surface area contributed by atoms with Crippen LogP contribution in [0.15, 0.2) is 11.1 Å². The predicted molar refractivity (Wildman–Crippen MR) is 80.8 cm³/mol. The van der Waals surface area contributed by atoms with Crippen molar-refractivity contribution >= 4 is 15.8 Å². The van der Waals surface area contributed by atoms with Crippen molar-refractivity contribution in [2.75, 3.05) is 12.3 Å². The number of nitrogens with two attached hydrogens (primary N) is 1. The van der Waals surface area contributed by atoms with Gasteiger partial charge in [0.15, 0.2) is 5.82 Å². The summed E-state index contributed by atoms with van der Waals surface area (Å²) in [5.74, 6) is 0.326. The molecule has 0 aliphatic rings. The quantitative estimate of drug-likeness (QED) is 0.834. The number of nitrogens with zero attached hydrogens (tertiary/aromatic N) is 3. The van der Waals surface area contributed by atoms with E-state index in [4.69, 9.17) is 5.73 Å². The first-order valence-corrected chi connectivity index (χ1v) is 8.48. The number of anilines is 1. The number of sulfonamides is 1. The van der Waals surface area contributed by atoms with Crippen molar-refractivity contribution in [1.82, 2.24) is 14.1 Å². The first kappa shape index (κ1) is 17.0. The van der Waals surface area contributed by atoms with Gasteiger partial charge in [0.1, 0.15) is 4.90 Å². The second-order valence-electron chi connectivity index (χ2n) is 5.70. The van der Waals surface area contributed by atoms with Crippen LogP contribution in [0, 0.1) is 5.92 Å². The van der Waals surface area contributed by atoms with Crippen LogP contribution in [0.25, 0.3) is 0 Å². The fourth-order valence-corrected chi connectivity index (χ4v) is 3.90. The summed E-state index contributed by atoms with van der Waals surface area (Å²) >= 11 is 0. The predicted octanol–water partition coefficient (Wildman–Crippen LogP) is 1.93. The average molecular weight is 302 g/mol. The Morgan fingerprint density at radius 3 is 2.40 bits per heavy atom. The third-order valence-corrected chi connectivity index (χ3v) is 4.97. The molecule has 20 heavy (non-hydrogen) atoms. The van der Waals surface area contributed by atoms with E-state index in [-0.39, 0.29) is 22.7 Å². The Labute approximate surface area is 122 Å². The van der Waals surface area contributed by atoms with Crippen LogP contribution in [-0.2, 0) is 16.6 Å². The molecule has 0 aliphatic heterocycles. The van der Waals surface area contributed by atoms with Gasteiger partial charge in [0.25, 0.3) is 0 Å².